The minimum absolute atomic E-state index is 0.680. The van der Waals surface area contributed by atoms with Gasteiger partial charge in [-0.15, -0.1) is 24.3 Å². The summed E-state index contributed by atoms with van der Waals surface area (Å²) in [6.45, 7) is 15.2. The SMILES string of the molecule is C[Si](C)(C)C1[C-](c2ccccc2)C([Si](C)(C)C)[C-]1c1ccccc1. The first-order chi connectivity index (χ1) is 11.2. The Morgan fingerprint density at radius 3 is 1.08 bits per heavy atom. The van der Waals surface area contributed by atoms with Gasteiger partial charge in [-0.05, 0) is 0 Å². The van der Waals surface area contributed by atoms with Crippen LogP contribution >= 0.6 is 0 Å². The van der Waals surface area contributed by atoms with Gasteiger partial charge < -0.3 is 0 Å². The molecule has 0 amide bonds. The maximum absolute atomic E-state index is 2.53. The fourth-order valence-electron chi connectivity index (χ4n) is 4.37. The van der Waals surface area contributed by atoms with Crippen molar-refractivity contribution in [3.05, 3.63) is 83.6 Å². The first-order valence-electron chi connectivity index (χ1n) is 9.05. The molecule has 0 unspecified atom stereocenters. The van der Waals surface area contributed by atoms with Crippen molar-refractivity contribution in [2.75, 3.05) is 0 Å². The predicted molar refractivity (Wildman–Crippen MR) is 112 cm³/mol. The maximum Gasteiger partial charge on any atom is 0.0326 e. The quantitative estimate of drug-likeness (QED) is 0.427. The highest BCUT2D eigenvalue weighted by Crippen LogP contribution is 2.69. The Balaban J connectivity index is 2.10. The molecule has 0 nitrogen and oxygen atoms in total. The average Bonchev–Trinajstić information content (AvgIpc) is 2.45. The van der Waals surface area contributed by atoms with Gasteiger partial charge in [0, 0.05) is 16.1 Å². The van der Waals surface area contributed by atoms with Crippen LogP contribution in [0.25, 0.3) is 0 Å². The van der Waals surface area contributed by atoms with Crippen molar-refractivity contribution in [1.29, 1.82) is 0 Å². The smallest absolute Gasteiger partial charge is 0.0326 e. The minimum atomic E-state index is -1.34. The molecule has 0 heterocycles. The standard InChI is InChI=1S/C22H30Si2/c1-23(2,3)21-19(17-13-9-7-10-14-17)22(24(4,5)6)20(21)18-15-11-8-12-16-18/h7-16,21-22H,1-6H3/q-2. The lowest BCUT2D eigenvalue weighted by Crippen LogP contribution is -2.55. The van der Waals surface area contributed by atoms with Gasteiger partial charge in [-0.1, -0.05) is 62.5 Å². The van der Waals surface area contributed by atoms with E-state index in [1.165, 1.54) is 11.1 Å². The predicted octanol–water partition coefficient (Wildman–Crippen LogP) is 6.66. The largest absolute Gasteiger partial charge is 0.190 e. The van der Waals surface area contributed by atoms with Crippen LogP contribution < -0.4 is 0 Å². The second kappa shape index (κ2) is 6.16. The molecule has 0 radical (unpaired) electrons. The molecule has 1 aliphatic carbocycles. The Bertz CT molecular complexity index is 595. The van der Waals surface area contributed by atoms with E-state index in [0.29, 0.717) is 11.1 Å². The molecule has 2 aromatic carbocycles. The van der Waals surface area contributed by atoms with E-state index in [1.807, 2.05) is 0 Å². The molecule has 0 N–H and O–H groups in total. The van der Waals surface area contributed by atoms with Crippen LogP contribution in [0.15, 0.2) is 60.7 Å². The summed E-state index contributed by atoms with van der Waals surface area (Å²) in [5.74, 6) is 3.49. The van der Waals surface area contributed by atoms with Crippen LogP contribution in [0.5, 0.6) is 0 Å². The number of hydrogen-bond acceptors (Lipinski definition) is 0. The van der Waals surface area contributed by atoms with Crippen LogP contribution in [0.4, 0.5) is 0 Å². The Morgan fingerprint density at radius 1 is 0.542 bits per heavy atom. The van der Waals surface area contributed by atoms with Crippen molar-refractivity contribution in [3.8, 4) is 0 Å². The molecule has 0 bridgehead atoms. The molecule has 2 heteroatoms. The Hall–Kier alpha value is -1.39. The summed E-state index contributed by atoms with van der Waals surface area (Å²) in [5, 5.41) is 0. The first kappa shape index (κ1) is 17.4. The van der Waals surface area contributed by atoms with Crippen LogP contribution in [-0.4, -0.2) is 16.1 Å². The van der Waals surface area contributed by atoms with Gasteiger partial charge in [0.2, 0.25) is 0 Å². The zero-order valence-corrected chi connectivity index (χ0v) is 17.9. The lowest BCUT2D eigenvalue weighted by molar-refractivity contribution is 0.612. The molecule has 1 saturated carbocycles. The Labute approximate surface area is 150 Å². The summed E-state index contributed by atoms with van der Waals surface area (Å²) in [6.07, 6.45) is 0. The third-order valence-corrected chi connectivity index (χ3v) is 9.90. The van der Waals surface area contributed by atoms with Crippen LogP contribution in [0.2, 0.25) is 50.4 Å². The summed E-state index contributed by atoms with van der Waals surface area (Å²) in [5.41, 5.74) is 4.33. The zero-order chi connectivity index (χ0) is 17.5. The summed E-state index contributed by atoms with van der Waals surface area (Å²) in [7, 11) is -2.68. The van der Waals surface area contributed by atoms with Crippen LogP contribution in [0, 0.1) is 11.8 Å². The fraction of sp³-hybridized carbons (Fsp3) is 0.364. The number of hydrogen-bond donors (Lipinski definition) is 0. The molecule has 128 valence electrons. The van der Waals surface area contributed by atoms with Crippen LogP contribution in [0.1, 0.15) is 11.1 Å². The Kier molecular flexibility index (Phi) is 4.48. The minimum Gasteiger partial charge on any atom is -0.190 e. The monoisotopic (exact) mass is 350 g/mol. The normalized spacial score (nSPS) is 21.6. The molecule has 3 rings (SSSR count). The molecular weight excluding hydrogens is 320 g/mol. The third-order valence-electron chi connectivity index (χ3n) is 5.19. The summed E-state index contributed by atoms with van der Waals surface area (Å²) in [6, 6.07) is 22.4. The summed E-state index contributed by atoms with van der Waals surface area (Å²) in [4.78, 5) is 0. The lowest BCUT2D eigenvalue weighted by atomic mass is 9.67. The molecule has 24 heavy (non-hydrogen) atoms. The second-order valence-electron chi connectivity index (χ2n) is 9.24. The van der Waals surface area contributed by atoms with Crippen molar-refractivity contribution in [2.45, 2.75) is 50.4 Å². The summed E-state index contributed by atoms with van der Waals surface area (Å²) >= 11 is 0. The highest BCUT2D eigenvalue weighted by atomic mass is 28.3. The van der Waals surface area contributed by atoms with Crippen molar-refractivity contribution in [1.82, 2.24) is 0 Å². The van der Waals surface area contributed by atoms with Crippen molar-refractivity contribution in [3.63, 3.8) is 0 Å². The van der Waals surface area contributed by atoms with E-state index < -0.39 is 16.1 Å². The van der Waals surface area contributed by atoms with Gasteiger partial charge in [-0.25, -0.2) is 0 Å². The van der Waals surface area contributed by atoms with Gasteiger partial charge in [0.05, 0.1) is 0 Å². The van der Waals surface area contributed by atoms with Crippen molar-refractivity contribution in [2.24, 2.45) is 0 Å². The van der Waals surface area contributed by atoms with Crippen LogP contribution in [-0.2, 0) is 0 Å². The molecule has 2 aromatic rings. The highest BCUT2D eigenvalue weighted by Gasteiger charge is 2.50. The van der Waals surface area contributed by atoms with E-state index >= 15 is 0 Å². The van der Waals surface area contributed by atoms with E-state index in [0.717, 1.165) is 0 Å². The van der Waals surface area contributed by atoms with E-state index in [9.17, 15) is 0 Å². The van der Waals surface area contributed by atoms with Gasteiger partial charge in [-0.3, -0.25) is 0 Å². The van der Waals surface area contributed by atoms with Gasteiger partial charge in [0.1, 0.15) is 0 Å². The number of rotatable bonds is 4. The molecular formula is C22H30Si2-2. The molecule has 0 aliphatic heterocycles. The van der Waals surface area contributed by atoms with Gasteiger partial charge in [0.25, 0.3) is 0 Å². The zero-order valence-electron chi connectivity index (χ0n) is 15.9. The molecule has 1 fully saturated rings. The third kappa shape index (κ3) is 3.10. The fourth-order valence-corrected chi connectivity index (χ4v) is 9.76. The van der Waals surface area contributed by atoms with E-state index in [4.69, 9.17) is 0 Å². The van der Waals surface area contributed by atoms with Crippen molar-refractivity contribution >= 4 is 16.1 Å². The molecule has 0 spiro atoms. The molecule has 0 atom stereocenters. The highest BCUT2D eigenvalue weighted by molar-refractivity contribution is 6.83. The topological polar surface area (TPSA) is 0 Å². The summed E-state index contributed by atoms with van der Waals surface area (Å²) < 4.78 is 0. The van der Waals surface area contributed by atoms with Gasteiger partial charge in [-0.2, -0.15) is 47.2 Å². The van der Waals surface area contributed by atoms with Crippen molar-refractivity contribution < 1.29 is 0 Å². The van der Waals surface area contributed by atoms with Gasteiger partial charge >= 0.3 is 0 Å². The Morgan fingerprint density at radius 2 is 0.833 bits per heavy atom. The number of benzene rings is 2. The van der Waals surface area contributed by atoms with E-state index in [1.54, 1.807) is 11.8 Å². The molecule has 0 aromatic heterocycles. The first-order valence-corrected chi connectivity index (χ1v) is 16.2. The second-order valence-corrected chi connectivity index (χ2v) is 19.9. The van der Waals surface area contributed by atoms with E-state index in [2.05, 4.69) is 99.9 Å². The maximum atomic E-state index is 2.53. The average molecular weight is 351 g/mol. The molecule has 0 saturated heterocycles. The lowest BCUT2D eigenvalue weighted by Gasteiger charge is -2.71. The molecule has 1 aliphatic rings. The van der Waals surface area contributed by atoms with Crippen LogP contribution in [0.3, 0.4) is 0 Å². The van der Waals surface area contributed by atoms with E-state index in [-0.39, 0.29) is 0 Å². The van der Waals surface area contributed by atoms with Gasteiger partial charge in [0.15, 0.2) is 0 Å².